The van der Waals surface area contributed by atoms with Gasteiger partial charge in [0.1, 0.15) is 11.6 Å². The van der Waals surface area contributed by atoms with Crippen LogP contribution in [0.3, 0.4) is 0 Å². The van der Waals surface area contributed by atoms with Crippen molar-refractivity contribution >= 4 is 23.3 Å². The van der Waals surface area contributed by atoms with Gasteiger partial charge in [0.2, 0.25) is 6.10 Å². The smallest absolute Gasteiger partial charge is 0.271 e. The zero-order valence-electron chi connectivity index (χ0n) is 12.6. The van der Waals surface area contributed by atoms with Crippen molar-refractivity contribution in [3.63, 3.8) is 0 Å². The van der Waals surface area contributed by atoms with Gasteiger partial charge in [-0.05, 0) is 24.3 Å². The van der Waals surface area contributed by atoms with Gasteiger partial charge >= 0.3 is 0 Å². The molecule has 8 nitrogen and oxygen atoms in total. The van der Waals surface area contributed by atoms with E-state index in [1.165, 1.54) is 4.52 Å². The highest BCUT2D eigenvalue weighted by atomic mass is 19.1. The highest BCUT2D eigenvalue weighted by molar-refractivity contribution is 6.06. The summed E-state index contributed by atoms with van der Waals surface area (Å²) in [7, 11) is 0. The predicted molar refractivity (Wildman–Crippen MR) is 81.8 cm³/mol. The molecule has 0 aliphatic carbocycles. The third-order valence-corrected chi connectivity index (χ3v) is 3.55. The van der Waals surface area contributed by atoms with E-state index in [0.29, 0.717) is 5.78 Å². The fourth-order valence-electron chi connectivity index (χ4n) is 2.37. The van der Waals surface area contributed by atoms with Gasteiger partial charge in [0, 0.05) is 24.4 Å². The molecule has 1 aliphatic rings. The topological polar surface area (TPSA) is 93.8 Å². The minimum atomic E-state index is -0.989. The third kappa shape index (κ3) is 2.89. The van der Waals surface area contributed by atoms with Crippen molar-refractivity contribution in [1.29, 1.82) is 0 Å². The lowest BCUT2D eigenvalue weighted by Crippen LogP contribution is -2.28. The summed E-state index contributed by atoms with van der Waals surface area (Å²) in [5, 5.41) is 10.2. The summed E-state index contributed by atoms with van der Waals surface area (Å²) < 4.78 is 28.5. The van der Waals surface area contributed by atoms with E-state index in [-0.39, 0.29) is 23.6 Å². The second-order valence-corrected chi connectivity index (χ2v) is 5.25. The molecule has 0 saturated carbocycles. The third-order valence-electron chi connectivity index (χ3n) is 3.55. The first-order valence-electron chi connectivity index (χ1n) is 7.26. The second-order valence-electron chi connectivity index (χ2n) is 5.25. The number of nitrogens with zero attached hydrogens (tertiary/aromatic N) is 5. The fourth-order valence-corrected chi connectivity index (χ4v) is 2.37. The molecule has 1 aromatic carbocycles. The maximum atomic E-state index is 13.8. The maximum Gasteiger partial charge on any atom is 0.271 e. The molecule has 0 saturated heterocycles. The Labute approximate surface area is 139 Å². The first-order valence-corrected chi connectivity index (χ1v) is 7.26. The summed E-state index contributed by atoms with van der Waals surface area (Å²) in [4.78, 5) is 25.3. The number of nitrogens with one attached hydrogen (secondary N) is 1. The maximum absolute atomic E-state index is 13.8. The van der Waals surface area contributed by atoms with Crippen molar-refractivity contribution < 1.29 is 18.4 Å². The number of fused-ring (bicyclic) bond motifs is 1. The summed E-state index contributed by atoms with van der Waals surface area (Å²) in [6.45, 7) is 0. The molecule has 2 aromatic heterocycles. The Kier molecular flexibility index (Phi) is 3.56. The zero-order chi connectivity index (χ0) is 17.4. The lowest BCUT2D eigenvalue weighted by molar-refractivity contribution is -0.125. The van der Waals surface area contributed by atoms with Gasteiger partial charge in [0.05, 0.1) is 5.71 Å². The first-order chi connectivity index (χ1) is 12.1. The average Bonchev–Trinajstić information content (AvgIpc) is 3.23. The molecule has 4 rings (SSSR count). The van der Waals surface area contributed by atoms with Gasteiger partial charge in [-0.25, -0.2) is 18.3 Å². The van der Waals surface area contributed by atoms with Crippen LogP contribution < -0.4 is 5.32 Å². The highest BCUT2D eigenvalue weighted by Crippen LogP contribution is 2.20. The van der Waals surface area contributed by atoms with Crippen LogP contribution in [0.4, 0.5) is 14.7 Å². The van der Waals surface area contributed by atoms with Crippen LogP contribution in [0.15, 0.2) is 41.8 Å². The van der Waals surface area contributed by atoms with E-state index in [1.807, 2.05) is 0 Å². The highest BCUT2D eigenvalue weighted by Gasteiger charge is 2.31. The number of rotatable bonds is 3. The van der Waals surface area contributed by atoms with E-state index in [9.17, 15) is 13.6 Å². The minimum absolute atomic E-state index is 0.00215. The Bertz CT molecular complexity index is 970. The van der Waals surface area contributed by atoms with Crippen LogP contribution in [0.25, 0.3) is 5.78 Å². The number of benzene rings is 1. The van der Waals surface area contributed by atoms with Gasteiger partial charge in [-0.15, -0.1) is 5.10 Å². The van der Waals surface area contributed by atoms with Gasteiger partial charge in [-0.2, -0.15) is 4.98 Å². The van der Waals surface area contributed by atoms with Crippen molar-refractivity contribution in [3.8, 4) is 0 Å². The molecule has 10 heteroatoms. The molecule has 3 aromatic rings. The number of aromatic nitrogens is 4. The van der Waals surface area contributed by atoms with E-state index in [1.54, 1.807) is 18.5 Å². The fraction of sp³-hybridized carbons (Fsp3) is 0.133. The Balaban J connectivity index is 1.47. The summed E-state index contributed by atoms with van der Waals surface area (Å²) in [6, 6.07) is 4.67. The molecule has 0 radical (unpaired) electrons. The van der Waals surface area contributed by atoms with Gasteiger partial charge in [-0.1, -0.05) is 5.16 Å². The molecule has 1 aliphatic heterocycles. The Morgan fingerprint density at radius 1 is 1.36 bits per heavy atom. The van der Waals surface area contributed by atoms with E-state index in [0.717, 1.165) is 18.2 Å². The molecule has 126 valence electrons. The molecule has 0 unspecified atom stereocenters. The molecule has 3 heterocycles. The first kappa shape index (κ1) is 15.1. The van der Waals surface area contributed by atoms with Crippen LogP contribution in [0.2, 0.25) is 0 Å². The standard InChI is InChI=1S/C15H10F2N6O2/c16-8-2-3-10(17)9(6-8)11-7-12(25-22-11)13(24)19-14-20-15-18-4-1-5-23(15)21-14/h1-6,12H,7H2,(H,19,21,24)/t12-/m1/s1. The molecule has 1 atom stereocenters. The predicted octanol–water partition coefficient (Wildman–Crippen LogP) is 1.53. The van der Waals surface area contributed by atoms with E-state index in [2.05, 4.69) is 25.5 Å². The van der Waals surface area contributed by atoms with E-state index in [4.69, 9.17) is 4.84 Å². The number of hydrogen-bond donors (Lipinski definition) is 1. The lowest BCUT2D eigenvalue weighted by atomic mass is 10.0. The van der Waals surface area contributed by atoms with E-state index >= 15 is 0 Å². The summed E-state index contributed by atoms with van der Waals surface area (Å²) in [5.41, 5.74) is 0.118. The molecular formula is C15H10F2N6O2. The van der Waals surface area contributed by atoms with Crippen molar-refractivity contribution in [1.82, 2.24) is 19.6 Å². The van der Waals surface area contributed by atoms with Crippen molar-refractivity contribution in [2.75, 3.05) is 5.32 Å². The Morgan fingerprint density at radius 2 is 2.24 bits per heavy atom. The van der Waals surface area contributed by atoms with Gasteiger partial charge in [-0.3, -0.25) is 10.1 Å². The number of carbonyl (C=O) groups is 1. The van der Waals surface area contributed by atoms with Crippen molar-refractivity contribution in [2.45, 2.75) is 12.5 Å². The van der Waals surface area contributed by atoms with Crippen LogP contribution in [0, 0.1) is 11.6 Å². The van der Waals surface area contributed by atoms with Crippen LogP contribution in [-0.4, -0.2) is 37.3 Å². The molecule has 0 fully saturated rings. The minimum Gasteiger partial charge on any atom is -0.382 e. The Hall–Kier alpha value is -3.43. The molecule has 25 heavy (non-hydrogen) atoms. The van der Waals surface area contributed by atoms with Gasteiger partial charge in [0.15, 0.2) is 0 Å². The summed E-state index contributed by atoms with van der Waals surface area (Å²) in [6.07, 6.45) is 2.18. The van der Waals surface area contributed by atoms with Gasteiger partial charge in [0.25, 0.3) is 17.6 Å². The van der Waals surface area contributed by atoms with Crippen molar-refractivity contribution in [2.24, 2.45) is 5.16 Å². The van der Waals surface area contributed by atoms with Gasteiger partial charge < -0.3 is 4.84 Å². The number of oxime groups is 1. The molecule has 0 spiro atoms. The van der Waals surface area contributed by atoms with E-state index < -0.39 is 23.6 Å². The number of carbonyl (C=O) groups excluding carboxylic acids is 1. The zero-order valence-corrected chi connectivity index (χ0v) is 12.6. The molecular weight excluding hydrogens is 334 g/mol. The number of anilines is 1. The molecule has 0 bridgehead atoms. The number of halogens is 2. The number of hydrogen-bond acceptors (Lipinski definition) is 6. The number of amides is 1. The largest absolute Gasteiger partial charge is 0.382 e. The second kappa shape index (κ2) is 5.89. The van der Waals surface area contributed by atoms with Crippen LogP contribution in [0.5, 0.6) is 0 Å². The SMILES string of the molecule is O=C(Nc1nc2ncccn2n1)[C@H]1CC(c2cc(F)ccc2F)=NO1. The molecule has 1 amide bonds. The van der Waals surface area contributed by atoms with Crippen LogP contribution in [-0.2, 0) is 9.63 Å². The summed E-state index contributed by atoms with van der Waals surface area (Å²) >= 11 is 0. The monoisotopic (exact) mass is 344 g/mol. The average molecular weight is 344 g/mol. The van der Waals surface area contributed by atoms with Crippen molar-refractivity contribution in [3.05, 3.63) is 53.9 Å². The van der Waals surface area contributed by atoms with Crippen LogP contribution >= 0.6 is 0 Å². The Morgan fingerprint density at radius 3 is 3.08 bits per heavy atom. The molecule has 1 N–H and O–H groups in total. The summed E-state index contributed by atoms with van der Waals surface area (Å²) in [5.74, 6) is -1.42. The lowest BCUT2D eigenvalue weighted by Gasteiger charge is -2.06. The normalized spacial score (nSPS) is 16.6. The van der Waals surface area contributed by atoms with Crippen LogP contribution in [0.1, 0.15) is 12.0 Å². The quantitative estimate of drug-likeness (QED) is 0.778.